The fourth-order valence-corrected chi connectivity index (χ4v) is 2.70. The predicted molar refractivity (Wildman–Crippen MR) is 103 cm³/mol. The largest absolute Gasteiger partial charge is 0.350 e. The maximum Gasteiger partial charge on any atom is 0.240 e. The zero-order valence-electron chi connectivity index (χ0n) is 14.8. The third-order valence-corrected chi connectivity index (χ3v) is 4.03. The summed E-state index contributed by atoms with van der Waals surface area (Å²) in [5.41, 5.74) is 5.92. The van der Waals surface area contributed by atoms with E-state index in [-0.39, 0.29) is 11.8 Å². The Morgan fingerprint density at radius 1 is 1.33 bits per heavy atom. The molecule has 3 rings (SSSR count). The number of nitrogens with one attached hydrogen (secondary N) is 3. The first-order valence-electron chi connectivity index (χ1n) is 8.50. The van der Waals surface area contributed by atoms with Crippen LogP contribution >= 0.6 is 0 Å². The average molecular weight is 361 g/mol. The van der Waals surface area contributed by atoms with Crippen molar-refractivity contribution < 1.29 is 4.79 Å². The first-order chi connectivity index (χ1) is 13.2. The van der Waals surface area contributed by atoms with E-state index in [4.69, 9.17) is 5.26 Å². The second kappa shape index (κ2) is 8.58. The highest BCUT2D eigenvalue weighted by Gasteiger charge is 2.21. The van der Waals surface area contributed by atoms with Crippen LogP contribution in [0.15, 0.2) is 58.8 Å². The molecule has 1 aromatic heterocycles. The number of anilines is 1. The fraction of sp³-hybridized carbons (Fsp3) is 0.211. The highest BCUT2D eigenvalue weighted by Crippen LogP contribution is 2.18. The lowest BCUT2D eigenvalue weighted by atomic mass is 9.94. The third-order valence-electron chi connectivity index (χ3n) is 4.03. The topological polar surface area (TPSA) is 115 Å². The van der Waals surface area contributed by atoms with Gasteiger partial charge in [-0.3, -0.25) is 9.78 Å². The summed E-state index contributed by atoms with van der Waals surface area (Å²) in [6, 6.07) is 13.2. The first-order valence-corrected chi connectivity index (χ1v) is 8.50. The molecule has 1 aromatic carbocycles. The maximum atomic E-state index is 11.4. The predicted octanol–water partition coefficient (Wildman–Crippen LogP) is 1.98. The summed E-state index contributed by atoms with van der Waals surface area (Å²) in [6.07, 6.45) is 3.92. The molecule has 1 amide bonds. The molecule has 2 heterocycles. The first kappa shape index (κ1) is 18.1. The Morgan fingerprint density at radius 2 is 2.15 bits per heavy atom. The number of nitrogens with zero attached hydrogens (tertiary/aromatic N) is 4. The van der Waals surface area contributed by atoms with Crippen molar-refractivity contribution in [1.29, 1.82) is 5.26 Å². The molecular weight excluding hydrogens is 342 g/mol. The van der Waals surface area contributed by atoms with Crippen LogP contribution < -0.4 is 16.1 Å². The van der Waals surface area contributed by atoms with Gasteiger partial charge in [0.1, 0.15) is 0 Å². The number of carbonyl (C=O) groups excluding carboxylic acids is 1. The Balaban J connectivity index is 1.66. The van der Waals surface area contributed by atoms with Crippen molar-refractivity contribution in [2.75, 3.05) is 5.32 Å². The molecule has 2 aromatic rings. The van der Waals surface area contributed by atoms with Gasteiger partial charge in [-0.15, -0.1) is 4.99 Å². The van der Waals surface area contributed by atoms with Crippen LogP contribution in [0.2, 0.25) is 0 Å². The molecule has 1 aliphatic heterocycles. The Bertz CT molecular complexity index is 898. The molecule has 8 nitrogen and oxygen atoms in total. The molecule has 0 fully saturated rings. The summed E-state index contributed by atoms with van der Waals surface area (Å²) in [7, 11) is 0. The molecule has 0 bridgehead atoms. The molecule has 27 heavy (non-hydrogen) atoms. The number of aliphatic imine (C=N–C) groups is 1. The lowest BCUT2D eigenvalue weighted by Crippen LogP contribution is -2.32. The number of rotatable bonds is 4. The molecule has 1 atom stereocenters. The van der Waals surface area contributed by atoms with Crippen molar-refractivity contribution in [3.05, 3.63) is 59.9 Å². The Kier molecular flexibility index (Phi) is 5.74. The molecule has 0 aliphatic carbocycles. The van der Waals surface area contributed by atoms with Gasteiger partial charge in [0.25, 0.3) is 0 Å². The second-order valence-electron chi connectivity index (χ2n) is 6.07. The minimum Gasteiger partial charge on any atom is -0.350 e. The number of benzene rings is 1. The van der Waals surface area contributed by atoms with Crippen molar-refractivity contribution in [2.24, 2.45) is 16.0 Å². The summed E-state index contributed by atoms with van der Waals surface area (Å²) in [5, 5.41) is 19.2. The molecule has 1 unspecified atom stereocenters. The van der Waals surface area contributed by atoms with Crippen molar-refractivity contribution >= 4 is 23.3 Å². The van der Waals surface area contributed by atoms with E-state index in [1.807, 2.05) is 49.4 Å². The van der Waals surface area contributed by atoms with E-state index in [1.165, 1.54) is 0 Å². The van der Waals surface area contributed by atoms with Crippen LogP contribution in [0.25, 0.3) is 0 Å². The number of carbonyl (C=O) groups is 1. The highest BCUT2D eigenvalue weighted by molar-refractivity contribution is 6.06. The Morgan fingerprint density at radius 3 is 2.81 bits per heavy atom. The van der Waals surface area contributed by atoms with Gasteiger partial charge in [0, 0.05) is 24.2 Å². The zero-order valence-corrected chi connectivity index (χ0v) is 14.8. The van der Waals surface area contributed by atoms with Crippen LogP contribution in [-0.2, 0) is 11.3 Å². The monoisotopic (exact) mass is 361 g/mol. The van der Waals surface area contributed by atoms with Gasteiger partial charge in [-0.25, -0.2) is 5.43 Å². The van der Waals surface area contributed by atoms with Crippen molar-refractivity contribution in [3.8, 4) is 6.19 Å². The van der Waals surface area contributed by atoms with Gasteiger partial charge < -0.3 is 10.6 Å². The van der Waals surface area contributed by atoms with Gasteiger partial charge in [-0.05, 0) is 29.8 Å². The minimum absolute atomic E-state index is 0.0633. The van der Waals surface area contributed by atoms with Crippen molar-refractivity contribution in [1.82, 2.24) is 15.7 Å². The van der Waals surface area contributed by atoms with Crippen LogP contribution in [-0.4, -0.2) is 22.6 Å². The van der Waals surface area contributed by atoms with E-state index >= 15 is 0 Å². The van der Waals surface area contributed by atoms with E-state index in [2.05, 4.69) is 31.1 Å². The molecule has 0 radical (unpaired) electrons. The fourth-order valence-electron chi connectivity index (χ4n) is 2.70. The van der Waals surface area contributed by atoms with Crippen LogP contribution in [0.5, 0.6) is 0 Å². The van der Waals surface area contributed by atoms with Crippen LogP contribution in [0.1, 0.15) is 24.6 Å². The normalized spacial score (nSPS) is 16.7. The van der Waals surface area contributed by atoms with Gasteiger partial charge in [0.2, 0.25) is 18.1 Å². The van der Waals surface area contributed by atoms with E-state index < -0.39 is 0 Å². The molecular formula is C19H19N7O. The lowest BCUT2D eigenvalue weighted by molar-refractivity contribution is -0.121. The van der Waals surface area contributed by atoms with E-state index in [1.54, 1.807) is 12.4 Å². The number of guanidine groups is 1. The van der Waals surface area contributed by atoms with E-state index in [9.17, 15) is 4.79 Å². The van der Waals surface area contributed by atoms with Crippen LogP contribution in [0, 0.1) is 17.4 Å². The molecule has 0 saturated carbocycles. The number of nitriles is 1. The SMILES string of the molecule is CC1CC(=O)NN=C1c1ccc(NC(=NC#N)NCc2ccccn2)cc1. The number of hydrazone groups is 1. The summed E-state index contributed by atoms with van der Waals surface area (Å²) >= 11 is 0. The van der Waals surface area contributed by atoms with E-state index in [0.717, 1.165) is 22.7 Å². The Hall–Kier alpha value is -3.73. The Labute approximate surface area is 157 Å². The molecule has 0 spiro atoms. The number of aromatic nitrogens is 1. The molecule has 136 valence electrons. The average Bonchev–Trinajstić information content (AvgIpc) is 2.68. The number of amides is 1. The van der Waals surface area contributed by atoms with Gasteiger partial charge in [-0.1, -0.05) is 25.1 Å². The summed E-state index contributed by atoms with van der Waals surface area (Å²) in [4.78, 5) is 19.4. The molecule has 1 aliphatic rings. The number of pyridine rings is 1. The second-order valence-corrected chi connectivity index (χ2v) is 6.07. The quantitative estimate of drug-likeness (QED) is 0.438. The highest BCUT2D eigenvalue weighted by atomic mass is 16.2. The van der Waals surface area contributed by atoms with Gasteiger partial charge in [0.15, 0.2) is 0 Å². The van der Waals surface area contributed by atoms with Crippen molar-refractivity contribution in [3.63, 3.8) is 0 Å². The molecule has 0 saturated heterocycles. The number of hydrogen-bond donors (Lipinski definition) is 3. The van der Waals surface area contributed by atoms with Gasteiger partial charge in [-0.2, -0.15) is 10.4 Å². The molecule has 3 N–H and O–H groups in total. The standard InChI is InChI=1S/C19H19N7O/c1-13-10-17(27)25-26-18(13)14-5-7-15(8-6-14)24-19(23-12-20)22-11-16-4-2-3-9-21-16/h2-9,13H,10-11H2,1H3,(H,25,27)(H2,22,23,24). The van der Waals surface area contributed by atoms with Crippen LogP contribution in [0.3, 0.4) is 0 Å². The van der Waals surface area contributed by atoms with Crippen LogP contribution in [0.4, 0.5) is 5.69 Å². The maximum absolute atomic E-state index is 11.4. The zero-order chi connectivity index (χ0) is 19.1. The smallest absolute Gasteiger partial charge is 0.240 e. The lowest BCUT2D eigenvalue weighted by Gasteiger charge is -2.19. The summed E-state index contributed by atoms with van der Waals surface area (Å²) in [6.45, 7) is 2.42. The number of hydrogen-bond acceptors (Lipinski definition) is 5. The molecule has 8 heteroatoms. The van der Waals surface area contributed by atoms with Gasteiger partial charge >= 0.3 is 0 Å². The van der Waals surface area contributed by atoms with Gasteiger partial charge in [0.05, 0.1) is 18.0 Å². The van der Waals surface area contributed by atoms with E-state index in [0.29, 0.717) is 18.9 Å². The van der Waals surface area contributed by atoms with Crippen molar-refractivity contribution in [2.45, 2.75) is 19.9 Å². The third kappa shape index (κ3) is 4.89. The minimum atomic E-state index is -0.0686. The summed E-state index contributed by atoms with van der Waals surface area (Å²) in [5.74, 6) is 0.334. The summed E-state index contributed by atoms with van der Waals surface area (Å²) < 4.78 is 0.